The van der Waals surface area contributed by atoms with Crippen molar-refractivity contribution in [3.8, 4) is 22.6 Å². The predicted molar refractivity (Wildman–Crippen MR) is 140 cm³/mol. The molecule has 0 saturated heterocycles. The van der Waals surface area contributed by atoms with Gasteiger partial charge in [-0.15, -0.1) is 0 Å². The standard InChI is InChI=1S/C30H32N2O4/c1-19-6-12-24(32-29(36)30(14-15-30)23-11-13-26(33)27(34)16-23)17-25(19)21-9-7-20(8-10-21)18-31-28(35)22-4-2-3-5-22/h6-13,16-17,22,33-34H,2-5,14-15,18H2,1H3,(H,31,35)(H,32,36). The minimum atomic E-state index is -0.680. The zero-order valence-electron chi connectivity index (χ0n) is 20.5. The second-order valence-corrected chi connectivity index (χ2v) is 10.2. The minimum absolute atomic E-state index is 0.115. The van der Waals surface area contributed by atoms with Crippen LogP contribution in [-0.4, -0.2) is 22.0 Å². The van der Waals surface area contributed by atoms with Gasteiger partial charge in [0, 0.05) is 18.2 Å². The second-order valence-electron chi connectivity index (χ2n) is 10.2. The van der Waals surface area contributed by atoms with Crippen LogP contribution in [0.5, 0.6) is 11.5 Å². The van der Waals surface area contributed by atoms with Gasteiger partial charge < -0.3 is 20.8 Å². The Labute approximate surface area is 211 Å². The first kappa shape index (κ1) is 23.9. The number of aromatic hydroxyl groups is 2. The van der Waals surface area contributed by atoms with Gasteiger partial charge in [-0.25, -0.2) is 0 Å². The van der Waals surface area contributed by atoms with E-state index in [4.69, 9.17) is 0 Å². The quantitative estimate of drug-likeness (QED) is 0.331. The van der Waals surface area contributed by atoms with Crippen molar-refractivity contribution in [2.24, 2.45) is 5.92 Å². The van der Waals surface area contributed by atoms with E-state index < -0.39 is 5.41 Å². The van der Waals surface area contributed by atoms with E-state index in [1.807, 2.05) is 49.4 Å². The zero-order chi connectivity index (χ0) is 25.3. The highest BCUT2D eigenvalue weighted by Crippen LogP contribution is 2.50. The number of aryl methyl sites for hydroxylation is 1. The van der Waals surface area contributed by atoms with Crippen LogP contribution in [0.3, 0.4) is 0 Å². The lowest BCUT2D eigenvalue weighted by atomic mass is 9.94. The number of hydrogen-bond donors (Lipinski definition) is 4. The molecule has 5 rings (SSSR count). The van der Waals surface area contributed by atoms with Gasteiger partial charge in [0.05, 0.1) is 5.41 Å². The number of amides is 2. The van der Waals surface area contributed by atoms with Gasteiger partial charge in [-0.2, -0.15) is 0 Å². The van der Waals surface area contributed by atoms with E-state index in [1.54, 1.807) is 6.07 Å². The number of phenolic OH excluding ortho intramolecular Hbond substituents is 2. The Kier molecular flexibility index (Phi) is 6.44. The van der Waals surface area contributed by atoms with Crippen molar-refractivity contribution in [1.29, 1.82) is 0 Å². The van der Waals surface area contributed by atoms with Gasteiger partial charge in [-0.05, 0) is 84.7 Å². The Morgan fingerprint density at radius 2 is 1.64 bits per heavy atom. The maximum atomic E-state index is 13.2. The number of phenols is 2. The van der Waals surface area contributed by atoms with E-state index in [2.05, 4.69) is 10.6 Å². The highest BCUT2D eigenvalue weighted by molar-refractivity contribution is 6.02. The van der Waals surface area contributed by atoms with E-state index >= 15 is 0 Å². The van der Waals surface area contributed by atoms with Crippen LogP contribution < -0.4 is 10.6 Å². The summed E-state index contributed by atoms with van der Waals surface area (Å²) in [4.78, 5) is 25.5. The van der Waals surface area contributed by atoms with E-state index in [0.29, 0.717) is 30.6 Å². The van der Waals surface area contributed by atoms with Crippen molar-refractivity contribution in [2.45, 2.75) is 57.4 Å². The van der Waals surface area contributed by atoms with Crippen molar-refractivity contribution in [3.05, 3.63) is 77.4 Å². The third-order valence-electron chi connectivity index (χ3n) is 7.67. The summed E-state index contributed by atoms with van der Waals surface area (Å²) in [7, 11) is 0. The Balaban J connectivity index is 1.27. The normalized spacial score (nSPS) is 16.5. The van der Waals surface area contributed by atoms with Crippen LogP contribution >= 0.6 is 0 Å². The Hall–Kier alpha value is -3.80. The molecule has 3 aromatic rings. The summed E-state index contributed by atoms with van der Waals surface area (Å²) in [6.45, 7) is 2.57. The van der Waals surface area contributed by atoms with Gasteiger partial charge in [0.25, 0.3) is 0 Å². The average molecular weight is 485 g/mol. The third-order valence-corrected chi connectivity index (χ3v) is 7.67. The van der Waals surface area contributed by atoms with Gasteiger partial charge in [0.15, 0.2) is 11.5 Å². The second kappa shape index (κ2) is 9.69. The molecule has 0 spiro atoms. The number of hydrogen-bond acceptors (Lipinski definition) is 4. The van der Waals surface area contributed by atoms with Crippen LogP contribution in [0.2, 0.25) is 0 Å². The fourth-order valence-corrected chi connectivity index (χ4v) is 5.18. The highest BCUT2D eigenvalue weighted by atomic mass is 16.3. The summed E-state index contributed by atoms with van der Waals surface area (Å²) in [5, 5.41) is 25.6. The lowest BCUT2D eigenvalue weighted by molar-refractivity contribution is -0.125. The molecule has 0 aliphatic heterocycles. The molecule has 36 heavy (non-hydrogen) atoms. The van der Waals surface area contributed by atoms with Crippen LogP contribution in [0.1, 0.15) is 55.2 Å². The molecule has 0 atom stereocenters. The first-order valence-corrected chi connectivity index (χ1v) is 12.7. The summed E-state index contributed by atoms with van der Waals surface area (Å²) in [5.74, 6) is -0.201. The zero-order valence-corrected chi connectivity index (χ0v) is 20.5. The lowest BCUT2D eigenvalue weighted by Gasteiger charge is -2.17. The molecule has 4 N–H and O–H groups in total. The Bertz CT molecular complexity index is 1290. The van der Waals surface area contributed by atoms with Gasteiger partial charge in [0.2, 0.25) is 11.8 Å². The molecule has 0 radical (unpaired) electrons. The fourth-order valence-electron chi connectivity index (χ4n) is 5.18. The summed E-state index contributed by atoms with van der Waals surface area (Å²) in [5.41, 5.74) is 4.96. The number of carbonyl (C=O) groups excluding carboxylic acids is 2. The molecule has 2 aliphatic carbocycles. The summed E-state index contributed by atoms with van der Waals surface area (Å²) in [6, 6.07) is 18.6. The molecule has 0 aromatic heterocycles. The maximum absolute atomic E-state index is 13.2. The SMILES string of the molecule is Cc1ccc(NC(=O)C2(c3ccc(O)c(O)c3)CC2)cc1-c1ccc(CNC(=O)C2CCCC2)cc1. The number of anilines is 1. The van der Waals surface area contributed by atoms with E-state index in [9.17, 15) is 19.8 Å². The minimum Gasteiger partial charge on any atom is -0.504 e. The monoisotopic (exact) mass is 484 g/mol. The Morgan fingerprint density at radius 1 is 0.917 bits per heavy atom. The first-order chi connectivity index (χ1) is 17.4. The molecule has 2 fully saturated rings. The number of nitrogens with one attached hydrogen (secondary N) is 2. The van der Waals surface area contributed by atoms with Crippen LogP contribution in [0.25, 0.3) is 11.1 Å². The molecule has 3 aromatic carbocycles. The third kappa shape index (κ3) is 4.81. The number of rotatable bonds is 7. The van der Waals surface area contributed by atoms with E-state index in [0.717, 1.165) is 47.9 Å². The van der Waals surface area contributed by atoms with E-state index in [1.165, 1.54) is 12.1 Å². The van der Waals surface area contributed by atoms with Gasteiger partial charge in [-0.1, -0.05) is 49.2 Å². The summed E-state index contributed by atoms with van der Waals surface area (Å²) >= 11 is 0. The molecule has 0 unspecified atom stereocenters. The van der Waals surface area contributed by atoms with Gasteiger partial charge in [-0.3, -0.25) is 9.59 Å². The fraction of sp³-hybridized carbons (Fsp3) is 0.333. The first-order valence-electron chi connectivity index (χ1n) is 12.7. The lowest BCUT2D eigenvalue weighted by Crippen LogP contribution is -2.28. The molecule has 2 saturated carbocycles. The highest BCUT2D eigenvalue weighted by Gasteiger charge is 2.51. The predicted octanol–water partition coefficient (Wildman–Crippen LogP) is 5.55. The maximum Gasteiger partial charge on any atom is 0.235 e. The van der Waals surface area contributed by atoms with Crippen LogP contribution in [0, 0.1) is 12.8 Å². The molecule has 0 heterocycles. The Morgan fingerprint density at radius 3 is 2.31 bits per heavy atom. The number of carbonyl (C=O) groups is 2. The molecular weight excluding hydrogens is 452 g/mol. The molecular formula is C30H32N2O4. The van der Waals surface area contributed by atoms with Gasteiger partial charge in [0.1, 0.15) is 0 Å². The van der Waals surface area contributed by atoms with Crippen molar-refractivity contribution in [2.75, 3.05) is 5.32 Å². The van der Waals surface area contributed by atoms with Crippen LogP contribution in [-0.2, 0) is 21.5 Å². The topological polar surface area (TPSA) is 98.7 Å². The van der Waals surface area contributed by atoms with E-state index in [-0.39, 0.29) is 29.2 Å². The smallest absolute Gasteiger partial charge is 0.235 e. The molecule has 2 aliphatic rings. The van der Waals surface area contributed by atoms with Crippen molar-refractivity contribution in [1.82, 2.24) is 5.32 Å². The van der Waals surface area contributed by atoms with Crippen molar-refractivity contribution >= 4 is 17.5 Å². The molecule has 2 amide bonds. The summed E-state index contributed by atoms with van der Waals surface area (Å²) < 4.78 is 0. The molecule has 6 nitrogen and oxygen atoms in total. The van der Waals surface area contributed by atoms with Crippen LogP contribution in [0.4, 0.5) is 5.69 Å². The average Bonchev–Trinajstić information content (AvgIpc) is 3.51. The van der Waals surface area contributed by atoms with Crippen LogP contribution in [0.15, 0.2) is 60.7 Å². The molecule has 0 bridgehead atoms. The number of benzene rings is 3. The summed E-state index contributed by atoms with van der Waals surface area (Å²) in [6.07, 6.45) is 5.67. The van der Waals surface area contributed by atoms with Crippen molar-refractivity contribution < 1.29 is 19.8 Å². The molecule has 186 valence electrons. The molecule has 6 heteroatoms. The largest absolute Gasteiger partial charge is 0.504 e. The van der Waals surface area contributed by atoms with Crippen molar-refractivity contribution in [3.63, 3.8) is 0 Å². The van der Waals surface area contributed by atoms with Gasteiger partial charge >= 0.3 is 0 Å².